The van der Waals surface area contributed by atoms with Gasteiger partial charge in [-0.1, -0.05) is 42.8 Å². The molecule has 0 radical (unpaired) electrons. The van der Waals surface area contributed by atoms with Crippen LogP contribution in [0, 0.1) is 11.3 Å². The van der Waals surface area contributed by atoms with Crippen molar-refractivity contribution in [1.29, 1.82) is 5.26 Å². The smallest absolute Gasteiger partial charge is 0.408 e. The number of nitrogens with one attached hydrogen (secondary N) is 1. The molecule has 196 valence electrons. The summed E-state index contributed by atoms with van der Waals surface area (Å²) in [7, 11) is 1.55. The highest BCUT2D eigenvalue weighted by atomic mass is 35.5. The molecule has 0 unspecified atom stereocenters. The number of aryl methyl sites for hydroxylation is 1. The third-order valence-corrected chi connectivity index (χ3v) is 6.71. The number of nitrogens with zero attached hydrogens (tertiary/aromatic N) is 1. The first-order chi connectivity index (χ1) is 17.0. The van der Waals surface area contributed by atoms with Crippen molar-refractivity contribution in [2.24, 2.45) is 0 Å². The van der Waals surface area contributed by atoms with E-state index < -0.39 is 17.2 Å². The van der Waals surface area contributed by atoms with Crippen LogP contribution in [-0.2, 0) is 15.9 Å². The molecule has 0 aromatic heterocycles. The molecule has 2 N–H and O–H groups in total. The van der Waals surface area contributed by atoms with Crippen LogP contribution in [0.5, 0.6) is 5.75 Å². The number of methoxy groups -OCH3 is 1. The molecule has 2 aromatic carbocycles. The molecule has 0 spiro atoms. The summed E-state index contributed by atoms with van der Waals surface area (Å²) in [5.74, 6) is 0.613. The molecular formula is C27H35ClN2O5S. The summed E-state index contributed by atoms with van der Waals surface area (Å²) in [5, 5.41) is 22.9. The largest absolute Gasteiger partial charge is 0.466 e. The average Bonchev–Trinajstić information content (AvgIpc) is 2.81. The van der Waals surface area contributed by atoms with Gasteiger partial charge in [0, 0.05) is 17.0 Å². The van der Waals surface area contributed by atoms with Crippen molar-refractivity contribution in [1.82, 2.24) is 5.32 Å². The highest BCUT2D eigenvalue weighted by Gasteiger charge is 2.32. The fourth-order valence-electron chi connectivity index (χ4n) is 3.64. The summed E-state index contributed by atoms with van der Waals surface area (Å²) in [4.78, 5) is 14.1. The Morgan fingerprint density at radius 2 is 1.94 bits per heavy atom. The van der Waals surface area contributed by atoms with E-state index in [1.807, 2.05) is 25.1 Å². The normalized spacial score (nSPS) is 12.9. The Kier molecular flexibility index (Phi) is 11.4. The third-order valence-electron chi connectivity index (χ3n) is 5.33. The van der Waals surface area contributed by atoms with Gasteiger partial charge in [-0.15, -0.1) is 0 Å². The van der Waals surface area contributed by atoms with Crippen LogP contribution in [0.1, 0.15) is 58.1 Å². The molecular weight excluding hydrogens is 500 g/mol. The molecule has 1 amide bonds. The van der Waals surface area contributed by atoms with Crippen molar-refractivity contribution < 1.29 is 24.1 Å². The first-order valence-electron chi connectivity index (χ1n) is 11.8. The van der Waals surface area contributed by atoms with E-state index in [-0.39, 0.29) is 13.4 Å². The van der Waals surface area contributed by atoms with Crippen LogP contribution in [0.4, 0.5) is 4.79 Å². The summed E-state index contributed by atoms with van der Waals surface area (Å²) in [6, 6.07) is 13.1. The van der Waals surface area contributed by atoms with Crippen LogP contribution < -0.4 is 10.1 Å². The molecule has 0 fully saturated rings. The van der Waals surface area contributed by atoms with Gasteiger partial charge in [0.05, 0.1) is 28.7 Å². The zero-order valence-corrected chi connectivity index (χ0v) is 23.1. The molecule has 0 aliphatic heterocycles. The van der Waals surface area contributed by atoms with Crippen LogP contribution in [-0.4, -0.2) is 42.8 Å². The van der Waals surface area contributed by atoms with Gasteiger partial charge in [-0.25, -0.2) is 4.79 Å². The SMILES string of the molecule is CCC[C@@](CO)(CCc1ccc(Sc2cc(C#N)ccc2OCOC)cc1Cl)NC(=O)OC(C)(C)C. The molecule has 0 saturated heterocycles. The number of benzene rings is 2. The Balaban J connectivity index is 2.17. The van der Waals surface area contributed by atoms with Crippen LogP contribution in [0.3, 0.4) is 0 Å². The van der Waals surface area contributed by atoms with Crippen LogP contribution in [0.15, 0.2) is 46.2 Å². The van der Waals surface area contributed by atoms with E-state index in [2.05, 4.69) is 11.4 Å². The van der Waals surface area contributed by atoms with E-state index in [9.17, 15) is 15.2 Å². The molecule has 0 heterocycles. The van der Waals surface area contributed by atoms with Gasteiger partial charge >= 0.3 is 6.09 Å². The average molecular weight is 535 g/mol. The molecule has 0 bridgehead atoms. The molecule has 7 nitrogen and oxygen atoms in total. The lowest BCUT2D eigenvalue weighted by atomic mass is 9.87. The van der Waals surface area contributed by atoms with Crippen molar-refractivity contribution in [3.8, 4) is 11.8 Å². The highest BCUT2D eigenvalue weighted by Crippen LogP contribution is 2.37. The minimum absolute atomic E-state index is 0.0981. The second-order valence-electron chi connectivity index (χ2n) is 9.49. The molecule has 0 saturated carbocycles. The topological polar surface area (TPSA) is 101 Å². The maximum Gasteiger partial charge on any atom is 0.408 e. The number of halogens is 1. The van der Waals surface area contributed by atoms with E-state index in [0.717, 1.165) is 21.8 Å². The Labute approximate surface area is 223 Å². The van der Waals surface area contributed by atoms with Gasteiger partial charge in [0.2, 0.25) is 0 Å². The van der Waals surface area contributed by atoms with E-state index in [1.54, 1.807) is 46.1 Å². The van der Waals surface area contributed by atoms with Gasteiger partial charge in [-0.2, -0.15) is 5.26 Å². The number of hydrogen-bond donors (Lipinski definition) is 2. The fourth-order valence-corrected chi connectivity index (χ4v) is 4.96. The molecule has 0 aliphatic rings. The number of carbonyl (C=O) groups is 1. The number of ether oxygens (including phenoxy) is 3. The maximum atomic E-state index is 12.4. The van der Waals surface area contributed by atoms with Gasteiger partial charge in [-0.3, -0.25) is 0 Å². The first kappa shape index (κ1) is 29.8. The molecule has 9 heteroatoms. The van der Waals surface area contributed by atoms with Gasteiger partial charge in [0.1, 0.15) is 11.4 Å². The fraction of sp³-hybridized carbons (Fsp3) is 0.481. The Morgan fingerprint density at radius 3 is 2.53 bits per heavy atom. The number of rotatable bonds is 12. The van der Waals surface area contributed by atoms with Crippen molar-refractivity contribution >= 4 is 29.5 Å². The predicted octanol–water partition coefficient (Wildman–Crippen LogP) is 6.33. The monoisotopic (exact) mass is 534 g/mol. The van der Waals surface area contributed by atoms with Gasteiger partial charge in [0.25, 0.3) is 0 Å². The summed E-state index contributed by atoms with van der Waals surface area (Å²) >= 11 is 8.07. The van der Waals surface area contributed by atoms with E-state index in [4.69, 9.17) is 25.8 Å². The summed E-state index contributed by atoms with van der Waals surface area (Å²) < 4.78 is 16.0. The minimum Gasteiger partial charge on any atom is -0.466 e. The number of aliphatic hydroxyl groups is 1. The molecule has 36 heavy (non-hydrogen) atoms. The summed E-state index contributed by atoms with van der Waals surface area (Å²) in [6.07, 6.45) is 1.91. The Bertz CT molecular complexity index is 1070. The number of hydrogen-bond acceptors (Lipinski definition) is 7. The van der Waals surface area contributed by atoms with Gasteiger partial charge in [-0.05, 0) is 75.9 Å². The van der Waals surface area contributed by atoms with E-state index in [0.29, 0.717) is 35.6 Å². The molecule has 2 aromatic rings. The Morgan fingerprint density at radius 1 is 1.19 bits per heavy atom. The van der Waals surface area contributed by atoms with Crippen molar-refractivity contribution in [3.63, 3.8) is 0 Å². The molecule has 1 atom stereocenters. The second-order valence-corrected chi connectivity index (χ2v) is 11.0. The number of carbonyl (C=O) groups excluding carboxylic acids is 1. The van der Waals surface area contributed by atoms with Crippen molar-refractivity contribution in [2.45, 2.75) is 74.3 Å². The molecule has 2 rings (SSSR count). The third kappa shape index (κ3) is 9.21. The second kappa shape index (κ2) is 13.8. The van der Waals surface area contributed by atoms with E-state index in [1.165, 1.54) is 11.8 Å². The van der Waals surface area contributed by atoms with Crippen LogP contribution in [0.2, 0.25) is 5.02 Å². The minimum atomic E-state index is -0.806. The summed E-state index contributed by atoms with van der Waals surface area (Å²) in [5.41, 5.74) is -0.00407. The van der Waals surface area contributed by atoms with Crippen LogP contribution >= 0.6 is 23.4 Å². The van der Waals surface area contributed by atoms with E-state index >= 15 is 0 Å². The highest BCUT2D eigenvalue weighted by molar-refractivity contribution is 7.99. The maximum absolute atomic E-state index is 12.4. The number of aliphatic hydroxyl groups excluding tert-OH is 1. The van der Waals surface area contributed by atoms with Gasteiger partial charge < -0.3 is 24.6 Å². The number of amides is 1. The lowest BCUT2D eigenvalue weighted by Crippen LogP contribution is -2.53. The van der Waals surface area contributed by atoms with Crippen LogP contribution in [0.25, 0.3) is 0 Å². The van der Waals surface area contributed by atoms with Crippen molar-refractivity contribution in [3.05, 3.63) is 52.5 Å². The van der Waals surface area contributed by atoms with Crippen molar-refractivity contribution in [2.75, 3.05) is 20.5 Å². The zero-order valence-electron chi connectivity index (χ0n) is 21.5. The first-order valence-corrected chi connectivity index (χ1v) is 13.0. The lowest BCUT2D eigenvalue weighted by Gasteiger charge is -2.34. The zero-order chi connectivity index (χ0) is 26.8. The molecule has 0 aliphatic carbocycles. The van der Waals surface area contributed by atoms with Gasteiger partial charge in [0.15, 0.2) is 6.79 Å². The predicted molar refractivity (Wildman–Crippen MR) is 142 cm³/mol. The standard InChI is InChI=1S/C27H35ClN2O5S/c1-6-12-27(17-31,30-25(32)35-26(2,3)4)13-11-20-8-9-21(15-22(20)28)36-24-14-19(16-29)7-10-23(24)34-18-33-5/h7-10,14-15,31H,6,11-13,17-18H2,1-5H3,(H,30,32)/t27-/m0/s1. The summed E-state index contributed by atoms with van der Waals surface area (Å²) in [6.45, 7) is 7.30. The lowest BCUT2D eigenvalue weighted by molar-refractivity contribution is 0.0373. The quantitative estimate of drug-likeness (QED) is 0.306. The Hall–Kier alpha value is -2.44. The number of nitriles is 1. The number of alkyl carbamates (subject to hydrolysis) is 1.